The second-order valence-electron chi connectivity index (χ2n) is 2.03. The second kappa shape index (κ2) is 4.72. The zero-order valence-corrected chi connectivity index (χ0v) is 7.82. The Labute approximate surface area is 79.0 Å². The van der Waals surface area contributed by atoms with Gasteiger partial charge < -0.3 is 4.74 Å². The summed E-state index contributed by atoms with van der Waals surface area (Å²) in [6.45, 7) is 0. The number of ether oxygens (including phenoxy) is 1. The average molecular weight is 227 g/mol. The van der Waals surface area contributed by atoms with Crippen molar-refractivity contribution in [2.75, 3.05) is 0 Å². The van der Waals surface area contributed by atoms with Gasteiger partial charge >= 0.3 is 5.97 Å². The third-order valence-electron chi connectivity index (χ3n) is 1.24. The van der Waals surface area contributed by atoms with E-state index in [4.69, 9.17) is 4.74 Å². The summed E-state index contributed by atoms with van der Waals surface area (Å²) in [7, 11) is 0. The van der Waals surface area contributed by atoms with Crippen LogP contribution in [0.3, 0.4) is 0 Å². The summed E-state index contributed by atoms with van der Waals surface area (Å²) in [5.41, 5.74) is 0.545. The molecule has 3 heteroatoms. The van der Waals surface area contributed by atoms with Crippen molar-refractivity contribution in [1.82, 2.24) is 0 Å². The average Bonchev–Trinajstić information content (AvgIpc) is 2.15. The van der Waals surface area contributed by atoms with Crippen LogP contribution in [0.25, 0.3) is 0 Å². The number of hydrogen-bond donors (Lipinski definition) is 0. The largest absolute Gasteiger partial charge is 0.430 e. The molecular formula is C9H7BrO2. The van der Waals surface area contributed by atoms with Crippen molar-refractivity contribution in [3.05, 3.63) is 47.1 Å². The van der Waals surface area contributed by atoms with Crippen LogP contribution in [0, 0.1) is 0 Å². The van der Waals surface area contributed by atoms with E-state index in [1.54, 1.807) is 24.3 Å². The normalized spacial score (nSPS) is 10.1. The molecule has 0 saturated carbocycles. The molecule has 62 valence electrons. The summed E-state index contributed by atoms with van der Waals surface area (Å²) in [6.07, 6.45) is 1.29. The van der Waals surface area contributed by atoms with Crippen LogP contribution in [0.5, 0.6) is 0 Å². The molecule has 0 unspecified atom stereocenters. The zero-order valence-electron chi connectivity index (χ0n) is 6.24. The molecule has 1 aromatic rings. The molecule has 2 nitrogen and oxygen atoms in total. The highest BCUT2D eigenvalue weighted by Gasteiger charge is 2.02. The standard InChI is InChI=1S/C9H7BrO2/c10-6-7-12-9(11)8-4-2-1-3-5-8/h1-7H. The van der Waals surface area contributed by atoms with Gasteiger partial charge in [-0.1, -0.05) is 34.1 Å². The molecule has 0 heterocycles. The quantitative estimate of drug-likeness (QED) is 0.573. The van der Waals surface area contributed by atoms with Crippen molar-refractivity contribution in [2.45, 2.75) is 0 Å². The van der Waals surface area contributed by atoms with Gasteiger partial charge in [-0.15, -0.1) is 0 Å². The van der Waals surface area contributed by atoms with E-state index < -0.39 is 0 Å². The van der Waals surface area contributed by atoms with Crippen LogP contribution in [-0.4, -0.2) is 5.97 Å². The van der Waals surface area contributed by atoms with Crippen LogP contribution in [0.2, 0.25) is 0 Å². The first-order valence-corrected chi connectivity index (χ1v) is 4.27. The van der Waals surface area contributed by atoms with Gasteiger partial charge in [-0.3, -0.25) is 0 Å². The molecular weight excluding hydrogens is 220 g/mol. The van der Waals surface area contributed by atoms with Crippen molar-refractivity contribution in [3.63, 3.8) is 0 Å². The molecule has 0 aliphatic carbocycles. The van der Waals surface area contributed by atoms with Crippen molar-refractivity contribution in [1.29, 1.82) is 0 Å². The van der Waals surface area contributed by atoms with E-state index >= 15 is 0 Å². The fraction of sp³-hybridized carbons (Fsp3) is 0. The first kappa shape index (κ1) is 9.00. The van der Waals surface area contributed by atoms with Crippen LogP contribution in [0.4, 0.5) is 0 Å². The van der Waals surface area contributed by atoms with Gasteiger partial charge in [0.1, 0.15) is 6.26 Å². The van der Waals surface area contributed by atoms with E-state index in [2.05, 4.69) is 15.9 Å². The maximum absolute atomic E-state index is 11.1. The molecule has 1 rings (SSSR count). The highest BCUT2D eigenvalue weighted by Crippen LogP contribution is 2.01. The third kappa shape index (κ3) is 2.51. The van der Waals surface area contributed by atoms with Crippen LogP contribution >= 0.6 is 15.9 Å². The third-order valence-corrected chi connectivity index (χ3v) is 1.45. The fourth-order valence-electron chi connectivity index (χ4n) is 0.730. The van der Waals surface area contributed by atoms with E-state index in [0.717, 1.165) is 0 Å². The van der Waals surface area contributed by atoms with E-state index in [0.29, 0.717) is 5.56 Å². The van der Waals surface area contributed by atoms with Gasteiger partial charge in [0, 0.05) is 4.99 Å². The van der Waals surface area contributed by atoms with Gasteiger partial charge in [0.2, 0.25) is 0 Å². The summed E-state index contributed by atoms with van der Waals surface area (Å²) in [5.74, 6) is -0.355. The van der Waals surface area contributed by atoms with Crippen LogP contribution in [0.15, 0.2) is 41.6 Å². The minimum atomic E-state index is -0.355. The molecule has 0 fully saturated rings. The van der Waals surface area contributed by atoms with Gasteiger partial charge in [0.15, 0.2) is 0 Å². The molecule has 0 aliphatic rings. The van der Waals surface area contributed by atoms with Crippen molar-refractivity contribution in [2.24, 2.45) is 0 Å². The summed E-state index contributed by atoms with van der Waals surface area (Å²) in [5, 5.41) is 0. The summed E-state index contributed by atoms with van der Waals surface area (Å²) >= 11 is 2.99. The monoisotopic (exact) mass is 226 g/mol. The summed E-state index contributed by atoms with van der Waals surface area (Å²) in [4.78, 5) is 12.6. The lowest BCUT2D eigenvalue weighted by Gasteiger charge is -1.96. The Kier molecular flexibility index (Phi) is 3.54. The number of carbonyl (C=O) groups excluding carboxylic acids is 1. The molecule has 0 amide bonds. The van der Waals surface area contributed by atoms with Crippen LogP contribution in [-0.2, 0) is 4.74 Å². The van der Waals surface area contributed by atoms with E-state index in [1.807, 2.05) is 6.07 Å². The van der Waals surface area contributed by atoms with Crippen molar-refractivity contribution in [3.8, 4) is 0 Å². The first-order valence-electron chi connectivity index (χ1n) is 3.36. The number of rotatable bonds is 2. The zero-order chi connectivity index (χ0) is 8.81. The number of halogens is 1. The first-order chi connectivity index (χ1) is 5.84. The summed E-state index contributed by atoms with van der Waals surface area (Å²) < 4.78 is 4.71. The molecule has 1 aromatic carbocycles. The molecule has 0 N–H and O–H groups in total. The summed E-state index contributed by atoms with van der Waals surface area (Å²) in [6, 6.07) is 8.81. The van der Waals surface area contributed by atoms with Crippen LogP contribution < -0.4 is 0 Å². The van der Waals surface area contributed by atoms with Gasteiger partial charge in [0.25, 0.3) is 0 Å². The van der Waals surface area contributed by atoms with Crippen LogP contribution in [0.1, 0.15) is 10.4 Å². The Morgan fingerprint density at radius 2 is 2.00 bits per heavy atom. The Hall–Kier alpha value is -1.09. The SMILES string of the molecule is O=C(OC=CBr)c1ccccc1. The Morgan fingerprint density at radius 1 is 1.33 bits per heavy atom. The van der Waals surface area contributed by atoms with Gasteiger partial charge in [0.05, 0.1) is 5.56 Å². The topological polar surface area (TPSA) is 26.3 Å². The van der Waals surface area contributed by atoms with E-state index in [-0.39, 0.29) is 5.97 Å². The predicted octanol–water partition coefficient (Wildman–Crippen LogP) is 2.71. The number of esters is 1. The minimum absolute atomic E-state index is 0.355. The lowest BCUT2D eigenvalue weighted by molar-refractivity contribution is 0.0664. The van der Waals surface area contributed by atoms with Gasteiger partial charge in [-0.05, 0) is 12.1 Å². The molecule has 0 aromatic heterocycles. The second-order valence-corrected chi connectivity index (χ2v) is 2.56. The van der Waals surface area contributed by atoms with Gasteiger partial charge in [-0.25, -0.2) is 4.79 Å². The minimum Gasteiger partial charge on any atom is -0.430 e. The lowest BCUT2D eigenvalue weighted by atomic mass is 10.2. The number of carbonyl (C=O) groups is 1. The Bertz CT molecular complexity index is 280. The predicted molar refractivity (Wildman–Crippen MR) is 49.9 cm³/mol. The smallest absolute Gasteiger partial charge is 0.342 e. The van der Waals surface area contributed by atoms with Crippen molar-refractivity contribution < 1.29 is 9.53 Å². The molecule has 0 atom stereocenters. The maximum Gasteiger partial charge on any atom is 0.342 e. The molecule has 12 heavy (non-hydrogen) atoms. The molecule has 0 bridgehead atoms. The van der Waals surface area contributed by atoms with Gasteiger partial charge in [-0.2, -0.15) is 0 Å². The number of hydrogen-bond acceptors (Lipinski definition) is 2. The highest BCUT2D eigenvalue weighted by atomic mass is 79.9. The lowest BCUT2D eigenvalue weighted by Crippen LogP contribution is -1.99. The van der Waals surface area contributed by atoms with E-state index in [1.165, 1.54) is 11.2 Å². The Balaban J connectivity index is 2.66. The molecule has 0 aliphatic heterocycles. The number of benzene rings is 1. The fourth-order valence-corrected chi connectivity index (χ4v) is 0.838. The molecule has 0 spiro atoms. The highest BCUT2D eigenvalue weighted by molar-refractivity contribution is 9.11. The Morgan fingerprint density at radius 3 is 2.58 bits per heavy atom. The maximum atomic E-state index is 11.1. The molecule has 0 radical (unpaired) electrons. The van der Waals surface area contributed by atoms with Crippen molar-refractivity contribution >= 4 is 21.9 Å². The van der Waals surface area contributed by atoms with E-state index in [9.17, 15) is 4.79 Å². The molecule has 0 saturated heterocycles.